The standard InChI is InChI=1S/C7H14NO2P/c8-11(9)10-7-4-5-1-2-6(7)3-5/h5-7,11H,1-4H2,(H2,8,9). The molecule has 3 nitrogen and oxygen atoms in total. The van der Waals surface area contributed by atoms with Crippen LogP contribution in [0.4, 0.5) is 0 Å². The van der Waals surface area contributed by atoms with E-state index in [0.29, 0.717) is 5.92 Å². The van der Waals surface area contributed by atoms with Crippen molar-refractivity contribution in [3.05, 3.63) is 0 Å². The fraction of sp³-hybridized carbons (Fsp3) is 1.00. The fourth-order valence-electron chi connectivity index (χ4n) is 2.48. The molecule has 0 aromatic heterocycles. The van der Waals surface area contributed by atoms with Crippen LogP contribution >= 0.6 is 8.18 Å². The first kappa shape index (κ1) is 7.78. The molecule has 0 aromatic carbocycles. The van der Waals surface area contributed by atoms with Gasteiger partial charge < -0.3 is 4.52 Å². The summed E-state index contributed by atoms with van der Waals surface area (Å²) in [7, 11) is -2.19. The lowest BCUT2D eigenvalue weighted by molar-refractivity contribution is 0.149. The Balaban J connectivity index is 1.92. The molecule has 4 atom stereocenters. The summed E-state index contributed by atoms with van der Waals surface area (Å²) >= 11 is 0. The maximum atomic E-state index is 10.6. The van der Waals surface area contributed by atoms with Crippen LogP contribution in [0.1, 0.15) is 25.7 Å². The Kier molecular flexibility index (Phi) is 2.04. The minimum absolute atomic E-state index is 0.227. The summed E-state index contributed by atoms with van der Waals surface area (Å²) < 4.78 is 15.8. The zero-order valence-electron chi connectivity index (χ0n) is 6.45. The van der Waals surface area contributed by atoms with Gasteiger partial charge in [-0.05, 0) is 37.5 Å². The van der Waals surface area contributed by atoms with Gasteiger partial charge in [-0.3, -0.25) is 10.1 Å². The quantitative estimate of drug-likeness (QED) is 0.647. The molecule has 2 aliphatic carbocycles. The molecule has 0 aliphatic heterocycles. The van der Waals surface area contributed by atoms with Gasteiger partial charge in [-0.2, -0.15) is 0 Å². The van der Waals surface area contributed by atoms with Crippen molar-refractivity contribution in [3.8, 4) is 0 Å². The lowest BCUT2D eigenvalue weighted by Crippen LogP contribution is -2.18. The van der Waals surface area contributed by atoms with Gasteiger partial charge in [0.15, 0.2) is 0 Å². The van der Waals surface area contributed by atoms with Gasteiger partial charge in [-0.1, -0.05) is 0 Å². The van der Waals surface area contributed by atoms with Gasteiger partial charge in [0, 0.05) is 0 Å². The Labute approximate surface area is 67.2 Å². The number of hydrogen-bond acceptors (Lipinski definition) is 2. The zero-order valence-corrected chi connectivity index (χ0v) is 7.45. The van der Waals surface area contributed by atoms with E-state index >= 15 is 0 Å². The van der Waals surface area contributed by atoms with Crippen molar-refractivity contribution in [1.82, 2.24) is 0 Å². The summed E-state index contributed by atoms with van der Waals surface area (Å²) in [6.45, 7) is 0. The van der Waals surface area contributed by atoms with Gasteiger partial charge in [0.25, 0.3) is 8.18 Å². The molecule has 0 amide bonds. The van der Waals surface area contributed by atoms with Crippen molar-refractivity contribution >= 4 is 8.18 Å². The Morgan fingerprint density at radius 3 is 2.64 bits per heavy atom. The fourth-order valence-corrected chi connectivity index (χ4v) is 3.07. The summed E-state index contributed by atoms with van der Waals surface area (Å²) in [4.78, 5) is 0. The highest BCUT2D eigenvalue weighted by Gasteiger charge is 2.40. The predicted octanol–water partition coefficient (Wildman–Crippen LogP) is 1.54. The average molecular weight is 175 g/mol. The first-order valence-electron chi connectivity index (χ1n) is 4.22. The van der Waals surface area contributed by atoms with Gasteiger partial charge in [0.1, 0.15) is 0 Å². The van der Waals surface area contributed by atoms with E-state index in [9.17, 15) is 4.57 Å². The summed E-state index contributed by atoms with van der Waals surface area (Å²) in [6, 6.07) is 0. The molecular weight excluding hydrogens is 161 g/mol. The molecule has 0 spiro atoms. The normalized spacial score (nSPS) is 44.6. The van der Waals surface area contributed by atoms with Crippen molar-refractivity contribution in [1.29, 1.82) is 0 Å². The Hall–Kier alpha value is 0.150. The summed E-state index contributed by atoms with van der Waals surface area (Å²) in [5.74, 6) is 1.50. The molecular formula is C7H14NO2P. The second-order valence-corrected chi connectivity index (χ2v) is 4.52. The van der Waals surface area contributed by atoms with Crippen LogP contribution in [-0.4, -0.2) is 6.10 Å². The summed E-state index contributed by atoms with van der Waals surface area (Å²) in [5.41, 5.74) is 5.13. The molecule has 0 saturated heterocycles. The highest BCUT2D eigenvalue weighted by atomic mass is 31.1. The van der Waals surface area contributed by atoms with E-state index < -0.39 is 8.18 Å². The Morgan fingerprint density at radius 1 is 1.36 bits per heavy atom. The number of fused-ring (bicyclic) bond motifs is 2. The minimum atomic E-state index is -2.19. The molecule has 0 heterocycles. The molecule has 2 rings (SSSR count). The van der Waals surface area contributed by atoms with E-state index in [4.69, 9.17) is 10.0 Å². The molecule has 64 valence electrons. The van der Waals surface area contributed by atoms with E-state index in [1.807, 2.05) is 0 Å². The lowest BCUT2D eigenvalue weighted by Gasteiger charge is -2.20. The predicted molar refractivity (Wildman–Crippen MR) is 43.5 cm³/mol. The molecule has 11 heavy (non-hydrogen) atoms. The van der Waals surface area contributed by atoms with E-state index in [2.05, 4.69) is 0 Å². The van der Waals surface area contributed by atoms with Crippen molar-refractivity contribution in [3.63, 3.8) is 0 Å². The highest BCUT2D eigenvalue weighted by Crippen LogP contribution is 2.47. The lowest BCUT2D eigenvalue weighted by atomic mass is 9.98. The second-order valence-electron chi connectivity index (χ2n) is 3.65. The van der Waals surface area contributed by atoms with Gasteiger partial charge in [-0.25, -0.2) is 0 Å². The third-order valence-electron chi connectivity index (χ3n) is 2.94. The number of hydrogen-bond donors (Lipinski definition) is 1. The van der Waals surface area contributed by atoms with E-state index in [1.165, 1.54) is 19.3 Å². The molecule has 2 fully saturated rings. The summed E-state index contributed by atoms with van der Waals surface area (Å²) in [5, 5.41) is 0. The van der Waals surface area contributed by atoms with Gasteiger partial charge in [0.2, 0.25) is 0 Å². The maximum absolute atomic E-state index is 10.6. The minimum Gasteiger partial charge on any atom is -0.316 e. The van der Waals surface area contributed by atoms with Crippen LogP contribution in [0, 0.1) is 11.8 Å². The van der Waals surface area contributed by atoms with Crippen LogP contribution in [0.25, 0.3) is 0 Å². The second kappa shape index (κ2) is 2.89. The van der Waals surface area contributed by atoms with E-state index in [0.717, 1.165) is 12.3 Å². The van der Waals surface area contributed by atoms with Crippen LogP contribution < -0.4 is 5.50 Å². The third kappa shape index (κ3) is 1.51. The smallest absolute Gasteiger partial charge is 0.255 e. The average Bonchev–Trinajstić information content (AvgIpc) is 2.45. The van der Waals surface area contributed by atoms with E-state index in [1.54, 1.807) is 0 Å². The SMILES string of the molecule is N[PH](=O)OC1CC2CCC1C2. The molecule has 4 unspecified atom stereocenters. The molecule has 2 N–H and O–H groups in total. The van der Waals surface area contributed by atoms with Gasteiger partial charge >= 0.3 is 0 Å². The molecule has 0 radical (unpaired) electrons. The number of nitrogens with two attached hydrogens (primary N) is 1. The number of rotatable bonds is 2. The van der Waals surface area contributed by atoms with Crippen LogP contribution in [0.2, 0.25) is 0 Å². The molecule has 0 aromatic rings. The largest absolute Gasteiger partial charge is 0.316 e. The topological polar surface area (TPSA) is 52.3 Å². The zero-order chi connectivity index (χ0) is 7.84. The monoisotopic (exact) mass is 175 g/mol. The molecule has 2 aliphatic rings. The van der Waals surface area contributed by atoms with Crippen LogP contribution in [0.3, 0.4) is 0 Å². The Morgan fingerprint density at radius 2 is 2.18 bits per heavy atom. The van der Waals surface area contributed by atoms with Crippen LogP contribution in [0.5, 0.6) is 0 Å². The third-order valence-corrected chi connectivity index (χ3v) is 3.48. The van der Waals surface area contributed by atoms with Crippen molar-refractivity contribution < 1.29 is 9.09 Å². The first-order valence-corrected chi connectivity index (χ1v) is 5.61. The van der Waals surface area contributed by atoms with Gasteiger partial charge in [-0.15, -0.1) is 0 Å². The van der Waals surface area contributed by atoms with Crippen molar-refractivity contribution in [2.24, 2.45) is 17.3 Å². The van der Waals surface area contributed by atoms with Crippen LogP contribution in [-0.2, 0) is 9.09 Å². The first-order chi connectivity index (χ1) is 5.25. The van der Waals surface area contributed by atoms with Crippen molar-refractivity contribution in [2.75, 3.05) is 0 Å². The van der Waals surface area contributed by atoms with E-state index in [-0.39, 0.29) is 6.10 Å². The highest BCUT2D eigenvalue weighted by molar-refractivity contribution is 7.36. The molecule has 2 saturated carbocycles. The van der Waals surface area contributed by atoms with Crippen LogP contribution in [0.15, 0.2) is 0 Å². The van der Waals surface area contributed by atoms with Crippen molar-refractivity contribution in [2.45, 2.75) is 31.8 Å². The Bertz CT molecular complexity index is 185. The molecule has 2 bridgehead atoms. The van der Waals surface area contributed by atoms with Gasteiger partial charge in [0.05, 0.1) is 6.10 Å². The maximum Gasteiger partial charge on any atom is 0.255 e. The molecule has 4 heteroatoms. The summed E-state index contributed by atoms with van der Waals surface area (Å²) in [6.07, 6.45) is 5.20.